The van der Waals surface area contributed by atoms with Crippen molar-refractivity contribution in [2.24, 2.45) is 17.8 Å². The molecule has 0 aliphatic rings. The topological polar surface area (TPSA) is 237 Å². The Bertz CT molecular complexity index is 2090. The minimum absolute atomic E-state index is 0.101. The van der Waals surface area contributed by atoms with Gasteiger partial charge in [0.15, 0.2) is 12.2 Å². The number of rotatable bonds is 80. The van der Waals surface area contributed by atoms with Gasteiger partial charge in [0.25, 0.3) is 0 Å². The highest BCUT2D eigenvalue weighted by atomic mass is 31.2. The van der Waals surface area contributed by atoms with E-state index in [9.17, 15) is 43.2 Å². The fourth-order valence-electron chi connectivity index (χ4n) is 12.5. The van der Waals surface area contributed by atoms with Crippen molar-refractivity contribution >= 4 is 39.5 Å². The molecule has 3 unspecified atom stereocenters. The zero-order chi connectivity index (χ0) is 75.8. The molecular weight excluding hydrogens is 1340 g/mol. The molecule has 608 valence electrons. The molecule has 0 saturated carbocycles. The summed E-state index contributed by atoms with van der Waals surface area (Å²) in [5.41, 5.74) is 0. The molecule has 0 spiro atoms. The highest BCUT2D eigenvalue weighted by molar-refractivity contribution is 7.47. The predicted octanol–water partition coefficient (Wildman–Crippen LogP) is 24.9. The molecule has 19 heteroatoms. The van der Waals surface area contributed by atoms with Gasteiger partial charge in [0, 0.05) is 25.7 Å². The Kier molecular flexibility index (Phi) is 71.9. The molecule has 0 saturated heterocycles. The second kappa shape index (κ2) is 73.7. The molecule has 0 aromatic heterocycles. The van der Waals surface area contributed by atoms with Gasteiger partial charge in [0.1, 0.15) is 19.3 Å². The molecule has 0 fully saturated rings. The Hall–Kier alpha value is -2.46. The van der Waals surface area contributed by atoms with E-state index in [1.165, 1.54) is 199 Å². The van der Waals surface area contributed by atoms with E-state index in [1.807, 2.05) is 0 Å². The van der Waals surface area contributed by atoms with Crippen molar-refractivity contribution in [1.82, 2.24) is 0 Å². The number of carbonyl (C=O) groups is 4. The summed E-state index contributed by atoms with van der Waals surface area (Å²) in [6.45, 7) is 11.9. The van der Waals surface area contributed by atoms with E-state index >= 15 is 0 Å². The first-order chi connectivity index (χ1) is 49.7. The van der Waals surface area contributed by atoms with Crippen LogP contribution in [0, 0.1) is 17.8 Å². The maximum atomic E-state index is 13.1. The van der Waals surface area contributed by atoms with Crippen molar-refractivity contribution in [3.8, 4) is 0 Å². The lowest BCUT2D eigenvalue weighted by Crippen LogP contribution is -2.30. The van der Waals surface area contributed by atoms with E-state index in [0.717, 1.165) is 127 Å². The monoisotopic (exact) mass is 1500 g/mol. The zero-order valence-electron chi connectivity index (χ0n) is 67.3. The van der Waals surface area contributed by atoms with Gasteiger partial charge in [-0.25, -0.2) is 9.13 Å². The fraction of sp³-hybridized carbons (Fsp3) is 0.905. The number of phosphoric ester groups is 2. The summed E-state index contributed by atoms with van der Waals surface area (Å²) in [5.74, 6) is 0.157. The molecular formula is C84H160O17P2. The van der Waals surface area contributed by atoms with Crippen LogP contribution in [0.15, 0.2) is 24.3 Å². The Morgan fingerprint density at radius 1 is 0.301 bits per heavy atom. The Balaban J connectivity index is 5.23. The summed E-state index contributed by atoms with van der Waals surface area (Å²) in [5, 5.41) is 10.6. The molecule has 3 N–H and O–H groups in total. The van der Waals surface area contributed by atoms with Crippen LogP contribution in [-0.2, 0) is 65.4 Å². The number of phosphoric acid groups is 2. The molecule has 0 aromatic carbocycles. The summed E-state index contributed by atoms with van der Waals surface area (Å²) in [7, 11) is -9.94. The standard InChI is InChI=1S/C84H160O17P2/c1-8-9-10-11-12-13-14-15-21-28-33-38-43-51-58-65-81(86)94-71-79(100-83(88)67-60-53-44-39-34-29-24-19-17-16-18-22-26-31-36-41-48-55-62-75(2)3)73-98-102(90,91)96-69-78(85)70-97-103(92,93)99-74-80(72-95-82(87)66-59-52-47-46-50-57-64-77(6)7)101-84(89)68-61-54-45-40-35-30-25-20-23-27-32-37-42-49-56-63-76(4)5/h13-15,21,75-80,85H,8-12,16-20,22-74H2,1-7H3,(H,90,91)(H,92,93)/b14-13-,21-15-/t78?,79-,80-/m1/s1. The quantitative estimate of drug-likeness (QED) is 0.0169. The highest BCUT2D eigenvalue weighted by Crippen LogP contribution is 2.45. The van der Waals surface area contributed by atoms with Gasteiger partial charge in [-0.15, -0.1) is 0 Å². The average molecular weight is 1500 g/mol. The Morgan fingerprint density at radius 2 is 0.524 bits per heavy atom. The summed E-state index contributed by atoms with van der Waals surface area (Å²) < 4.78 is 68.7. The van der Waals surface area contributed by atoms with Gasteiger partial charge < -0.3 is 33.8 Å². The van der Waals surface area contributed by atoms with Crippen molar-refractivity contribution in [3.05, 3.63) is 24.3 Å². The molecule has 0 aromatic rings. The molecule has 17 nitrogen and oxygen atoms in total. The first kappa shape index (κ1) is 101. The van der Waals surface area contributed by atoms with E-state index < -0.39 is 97.5 Å². The molecule has 0 aliphatic carbocycles. The Labute approximate surface area is 631 Å². The largest absolute Gasteiger partial charge is 0.472 e. The SMILES string of the molecule is CCCCCC/C=C\C=C/CCCCCCCC(=O)OC[C@H](COP(=O)(O)OCC(O)COP(=O)(O)OC[C@@H](COC(=O)CCCCCCCCC(C)C)OC(=O)CCCCCCCCCCCCCCCCCC(C)C)OC(=O)CCCCCCCCCCCCCCCCCCCCC(C)C. The van der Waals surface area contributed by atoms with Crippen LogP contribution in [0.4, 0.5) is 0 Å². The predicted molar refractivity (Wildman–Crippen MR) is 423 cm³/mol. The molecule has 0 bridgehead atoms. The second-order valence-electron chi connectivity index (χ2n) is 31.0. The normalized spacial score (nSPS) is 14.1. The zero-order valence-corrected chi connectivity index (χ0v) is 69.1. The number of aliphatic hydroxyl groups is 1. The van der Waals surface area contributed by atoms with Crippen LogP contribution in [0.5, 0.6) is 0 Å². The van der Waals surface area contributed by atoms with Crippen molar-refractivity contribution in [2.75, 3.05) is 39.6 Å². The smallest absolute Gasteiger partial charge is 0.462 e. The number of hydrogen-bond acceptors (Lipinski definition) is 15. The summed E-state index contributed by atoms with van der Waals surface area (Å²) in [6.07, 6.45) is 66.3. The maximum Gasteiger partial charge on any atom is 0.472 e. The maximum absolute atomic E-state index is 13.1. The minimum atomic E-state index is -4.97. The molecule has 0 aliphatic heterocycles. The third kappa shape index (κ3) is 77.5. The molecule has 0 radical (unpaired) electrons. The van der Waals surface area contributed by atoms with Crippen LogP contribution < -0.4 is 0 Å². The third-order valence-corrected chi connectivity index (χ3v) is 20.9. The number of unbranched alkanes of at least 4 members (excludes halogenated alkanes) is 45. The van der Waals surface area contributed by atoms with Crippen LogP contribution in [-0.4, -0.2) is 96.7 Å². The van der Waals surface area contributed by atoms with Gasteiger partial charge in [-0.1, -0.05) is 362 Å². The van der Waals surface area contributed by atoms with Gasteiger partial charge in [-0.05, 0) is 69.1 Å². The first-order valence-electron chi connectivity index (χ1n) is 42.7. The van der Waals surface area contributed by atoms with Gasteiger partial charge in [-0.2, -0.15) is 0 Å². The number of hydrogen-bond donors (Lipinski definition) is 3. The van der Waals surface area contributed by atoms with Crippen molar-refractivity contribution in [2.45, 2.75) is 433 Å². The van der Waals surface area contributed by atoms with E-state index in [0.29, 0.717) is 31.6 Å². The molecule has 5 atom stereocenters. The highest BCUT2D eigenvalue weighted by Gasteiger charge is 2.30. The van der Waals surface area contributed by atoms with Crippen LogP contribution in [0.2, 0.25) is 0 Å². The van der Waals surface area contributed by atoms with Crippen LogP contribution in [0.1, 0.15) is 414 Å². The number of allylic oxidation sites excluding steroid dienone is 4. The number of esters is 4. The molecule has 0 heterocycles. The summed E-state index contributed by atoms with van der Waals surface area (Å²) in [6, 6.07) is 0. The molecule has 103 heavy (non-hydrogen) atoms. The second-order valence-corrected chi connectivity index (χ2v) is 33.9. The first-order valence-corrected chi connectivity index (χ1v) is 45.7. The van der Waals surface area contributed by atoms with E-state index in [4.69, 9.17) is 37.0 Å². The average Bonchev–Trinajstić information content (AvgIpc) is 0.923. The Morgan fingerprint density at radius 3 is 0.786 bits per heavy atom. The van der Waals surface area contributed by atoms with E-state index in [-0.39, 0.29) is 25.7 Å². The van der Waals surface area contributed by atoms with Crippen molar-refractivity contribution in [1.29, 1.82) is 0 Å². The molecule has 0 amide bonds. The number of carbonyl (C=O) groups excluding carboxylic acids is 4. The van der Waals surface area contributed by atoms with Gasteiger partial charge >= 0.3 is 39.5 Å². The van der Waals surface area contributed by atoms with Crippen LogP contribution in [0.3, 0.4) is 0 Å². The summed E-state index contributed by atoms with van der Waals surface area (Å²) in [4.78, 5) is 73.0. The summed E-state index contributed by atoms with van der Waals surface area (Å²) >= 11 is 0. The fourth-order valence-corrected chi connectivity index (χ4v) is 14.1. The van der Waals surface area contributed by atoms with Gasteiger partial charge in [0.2, 0.25) is 0 Å². The molecule has 0 rings (SSSR count). The lowest BCUT2D eigenvalue weighted by molar-refractivity contribution is -0.161. The lowest BCUT2D eigenvalue weighted by Gasteiger charge is -2.21. The van der Waals surface area contributed by atoms with Gasteiger partial charge in [0.05, 0.1) is 26.4 Å². The van der Waals surface area contributed by atoms with Gasteiger partial charge in [-0.3, -0.25) is 37.3 Å². The number of ether oxygens (including phenoxy) is 4. The van der Waals surface area contributed by atoms with Crippen molar-refractivity contribution < 1.29 is 80.2 Å². The van der Waals surface area contributed by atoms with E-state index in [2.05, 4.69) is 72.8 Å². The lowest BCUT2D eigenvalue weighted by atomic mass is 10.0. The number of aliphatic hydroxyl groups excluding tert-OH is 1. The minimum Gasteiger partial charge on any atom is -0.462 e. The van der Waals surface area contributed by atoms with Crippen molar-refractivity contribution in [3.63, 3.8) is 0 Å². The van der Waals surface area contributed by atoms with Crippen LogP contribution >= 0.6 is 15.6 Å². The van der Waals surface area contributed by atoms with E-state index in [1.54, 1.807) is 0 Å². The van der Waals surface area contributed by atoms with Crippen LogP contribution in [0.25, 0.3) is 0 Å². The third-order valence-electron chi connectivity index (χ3n) is 19.0.